The number of nitrogens with one attached hydrogen (secondary N) is 1. The Bertz CT molecular complexity index is 379. The summed E-state index contributed by atoms with van der Waals surface area (Å²) in [6, 6.07) is 0. The maximum absolute atomic E-state index is 11.7. The van der Waals surface area contributed by atoms with E-state index in [2.05, 4.69) is 4.84 Å². The molecule has 8 heteroatoms. The van der Waals surface area contributed by atoms with Crippen LogP contribution in [0.25, 0.3) is 0 Å². The minimum absolute atomic E-state index is 0.420. The predicted octanol–water partition coefficient (Wildman–Crippen LogP) is 0.317. The molecule has 0 aliphatic rings. The molecule has 0 fully saturated rings. The first-order chi connectivity index (χ1) is 9.59. The summed E-state index contributed by atoms with van der Waals surface area (Å²) >= 11 is 0. The number of hydrogen-bond donors (Lipinski definition) is 3. The number of hydroxylamine groups is 1. The molecule has 120 valence electrons. The normalized spacial score (nSPS) is 13.8. The molecule has 0 aromatic heterocycles. The summed E-state index contributed by atoms with van der Waals surface area (Å²) in [5.74, 6) is -7.57. The lowest BCUT2D eigenvalue weighted by Gasteiger charge is -2.17. The lowest BCUT2D eigenvalue weighted by molar-refractivity contribution is -0.155. The van der Waals surface area contributed by atoms with Gasteiger partial charge >= 0.3 is 11.9 Å². The molecule has 21 heavy (non-hydrogen) atoms. The van der Waals surface area contributed by atoms with Crippen LogP contribution < -0.4 is 5.48 Å². The quantitative estimate of drug-likeness (QED) is 0.413. The molecule has 1 amide bonds. The molecule has 0 saturated carbocycles. The molecule has 0 aromatic carbocycles. The first-order valence-electron chi connectivity index (χ1n) is 6.49. The third-order valence-corrected chi connectivity index (χ3v) is 2.88. The van der Waals surface area contributed by atoms with E-state index in [9.17, 15) is 19.2 Å². The van der Waals surface area contributed by atoms with Crippen LogP contribution in [-0.4, -0.2) is 40.4 Å². The van der Waals surface area contributed by atoms with Gasteiger partial charge in [0.15, 0.2) is 5.78 Å². The third-order valence-electron chi connectivity index (χ3n) is 2.88. The molecular formula is C13H21NO7. The van der Waals surface area contributed by atoms with Crippen molar-refractivity contribution >= 4 is 23.6 Å². The maximum atomic E-state index is 11.7. The zero-order valence-corrected chi connectivity index (χ0v) is 12.5. The van der Waals surface area contributed by atoms with Crippen molar-refractivity contribution in [2.24, 2.45) is 23.7 Å². The number of carbonyl (C=O) groups excluding carboxylic acids is 2. The summed E-state index contributed by atoms with van der Waals surface area (Å²) in [7, 11) is 0. The summed E-state index contributed by atoms with van der Waals surface area (Å²) in [6.07, 6.45) is 0. The molecule has 3 N–H and O–H groups in total. The molecular weight excluding hydrogens is 282 g/mol. The fraction of sp³-hybridized carbons (Fsp3) is 0.692. The first-order valence-corrected chi connectivity index (χ1v) is 6.49. The van der Waals surface area contributed by atoms with Crippen molar-refractivity contribution in [1.82, 2.24) is 5.48 Å². The Kier molecular flexibility index (Phi) is 7.57. The van der Waals surface area contributed by atoms with Crippen molar-refractivity contribution in [3.05, 3.63) is 0 Å². The molecule has 0 aliphatic carbocycles. The third kappa shape index (κ3) is 5.90. The van der Waals surface area contributed by atoms with Crippen molar-refractivity contribution in [1.29, 1.82) is 0 Å². The highest BCUT2D eigenvalue weighted by Gasteiger charge is 2.32. The van der Waals surface area contributed by atoms with Crippen molar-refractivity contribution < 1.29 is 34.2 Å². The van der Waals surface area contributed by atoms with Gasteiger partial charge in [0, 0.05) is 0 Å². The minimum atomic E-state index is -1.31. The largest absolute Gasteiger partial charge is 0.481 e. The fourth-order valence-corrected chi connectivity index (χ4v) is 1.83. The zero-order valence-electron chi connectivity index (χ0n) is 12.5. The van der Waals surface area contributed by atoms with Gasteiger partial charge < -0.3 is 10.2 Å². The van der Waals surface area contributed by atoms with E-state index in [0.29, 0.717) is 0 Å². The molecule has 0 spiro atoms. The fourth-order valence-electron chi connectivity index (χ4n) is 1.83. The van der Waals surface area contributed by atoms with E-state index in [4.69, 9.17) is 10.2 Å². The SMILES string of the molecule is CC(C)C(C(=O)O)C(=O)CONC(=O)C(C(=O)O)C(C)C. The van der Waals surface area contributed by atoms with Crippen molar-refractivity contribution in [2.75, 3.05) is 6.61 Å². The topological polar surface area (TPSA) is 130 Å². The number of hydrogen-bond acceptors (Lipinski definition) is 5. The van der Waals surface area contributed by atoms with E-state index in [1.54, 1.807) is 27.7 Å². The Labute approximate surface area is 122 Å². The number of carboxylic acids is 2. The molecule has 0 heterocycles. The molecule has 0 aliphatic heterocycles. The van der Waals surface area contributed by atoms with Gasteiger partial charge in [0.2, 0.25) is 0 Å². The van der Waals surface area contributed by atoms with Gasteiger partial charge in [0.05, 0.1) is 0 Å². The second-order valence-electron chi connectivity index (χ2n) is 5.34. The van der Waals surface area contributed by atoms with Crippen LogP contribution in [0.4, 0.5) is 0 Å². The van der Waals surface area contributed by atoms with Crippen LogP contribution in [0.5, 0.6) is 0 Å². The Morgan fingerprint density at radius 3 is 1.67 bits per heavy atom. The van der Waals surface area contributed by atoms with E-state index in [1.807, 2.05) is 5.48 Å². The van der Waals surface area contributed by atoms with Gasteiger partial charge in [-0.15, -0.1) is 0 Å². The van der Waals surface area contributed by atoms with E-state index in [1.165, 1.54) is 0 Å². The molecule has 0 rings (SSSR count). The highest BCUT2D eigenvalue weighted by molar-refractivity contribution is 5.99. The van der Waals surface area contributed by atoms with E-state index in [-0.39, 0.29) is 0 Å². The highest BCUT2D eigenvalue weighted by atomic mass is 16.7. The lowest BCUT2D eigenvalue weighted by Crippen LogP contribution is -2.40. The van der Waals surface area contributed by atoms with Crippen molar-refractivity contribution in [3.63, 3.8) is 0 Å². The second kappa shape index (κ2) is 8.35. The smallest absolute Gasteiger partial charge is 0.316 e. The van der Waals surface area contributed by atoms with Crippen LogP contribution in [0.2, 0.25) is 0 Å². The van der Waals surface area contributed by atoms with Crippen molar-refractivity contribution in [2.45, 2.75) is 27.7 Å². The minimum Gasteiger partial charge on any atom is -0.481 e. The Morgan fingerprint density at radius 2 is 1.33 bits per heavy atom. The standard InChI is InChI=1S/C13H21NO7/c1-6(2)9(12(17)18)8(15)5-21-14-11(16)10(7(3)4)13(19)20/h6-7,9-10H,5H2,1-4H3,(H,14,16)(H,17,18)(H,19,20). The monoisotopic (exact) mass is 303 g/mol. The van der Waals surface area contributed by atoms with Gasteiger partial charge in [-0.1, -0.05) is 27.7 Å². The molecule has 0 bridgehead atoms. The molecule has 0 aromatic rings. The van der Waals surface area contributed by atoms with E-state index in [0.717, 1.165) is 0 Å². The predicted molar refractivity (Wildman–Crippen MR) is 71.0 cm³/mol. The zero-order chi connectivity index (χ0) is 16.7. The average molecular weight is 303 g/mol. The molecule has 0 radical (unpaired) electrons. The second-order valence-corrected chi connectivity index (χ2v) is 5.34. The number of aliphatic carboxylic acids is 2. The summed E-state index contributed by atoms with van der Waals surface area (Å²) < 4.78 is 0. The molecule has 0 saturated heterocycles. The Balaban J connectivity index is 4.49. The summed E-state index contributed by atoms with van der Waals surface area (Å²) in [5.41, 5.74) is 1.88. The molecule has 2 unspecified atom stereocenters. The Morgan fingerprint density at radius 1 is 0.905 bits per heavy atom. The van der Waals surface area contributed by atoms with Crippen LogP contribution in [0.1, 0.15) is 27.7 Å². The van der Waals surface area contributed by atoms with Gasteiger partial charge in [-0.3, -0.25) is 24.0 Å². The number of rotatable bonds is 9. The van der Waals surface area contributed by atoms with Crippen LogP contribution in [0.15, 0.2) is 0 Å². The van der Waals surface area contributed by atoms with Gasteiger partial charge in [-0.25, -0.2) is 5.48 Å². The van der Waals surface area contributed by atoms with Gasteiger partial charge in [-0.05, 0) is 11.8 Å². The Hall–Kier alpha value is -1.96. The average Bonchev–Trinajstić information content (AvgIpc) is 2.26. The number of amides is 1. The van der Waals surface area contributed by atoms with Crippen LogP contribution >= 0.6 is 0 Å². The number of ketones is 1. The lowest BCUT2D eigenvalue weighted by atomic mass is 9.92. The van der Waals surface area contributed by atoms with Gasteiger partial charge in [0.1, 0.15) is 18.4 Å². The molecule has 8 nitrogen and oxygen atoms in total. The van der Waals surface area contributed by atoms with Crippen LogP contribution in [0.3, 0.4) is 0 Å². The van der Waals surface area contributed by atoms with Crippen LogP contribution in [0, 0.1) is 23.7 Å². The van der Waals surface area contributed by atoms with Crippen LogP contribution in [-0.2, 0) is 24.0 Å². The van der Waals surface area contributed by atoms with E-state index >= 15 is 0 Å². The maximum Gasteiger partial charge on any atom is 0.316 e. The number of Topliss-reactive ketones (excluding diaryl/α,β-unsaturated/α-hetero) is 1. The first kappa shape index (κ1) is 19.0. The van der Waals surface area contributed by atoms with Gasteiger partial charge in [0.25, 0.3) is 5.91 Å². The summed E-state index contributed by atoms with van der Waals surface area (Å²) in [4.78, 5) is 49.7. The molecule has 2 atom stereocenters. The number of carboxylic acid groups (broad SMARTS) is 2. The van der Waals surface area contributed by atoms with Crippen molar-refractivity contribution in [3.8, 4) is 0 Å². The summed E-state index contributed by atoms with van der Waals surface area (Å²) in [6.45, 7) is 5.64. The van der Waals surface area contributed by atoms with Gasteiger partial charge in [-0.2, -0.15) is 0 Å². The number of carbonyl (C=O) groups is 4. The summed E-state index contributed by atoms with van der Waals surface area (Å²) in [5, 5.41) is 17.8. The highest BCUT2D eigenvalue weighted by Crippen LogP contribution is 2.13. The van der Waals surface area contributed by atoms with E-state index < -0.39 is 53.9 Å².